The zero-order valence-corrected chi connectivity index (χ0v) is 22.5. The van der Waals surface area contributed by atoms with Gasteiger partial charge in [-0.25, -0.2) is 31.8 Å². The van der Waals surface area contributed by atoms with E-state index in [9.17, 15) is 21.8 Å². The third-order valence-corrected chi connectivity index (χ3v) is 9.57. The minimum atomic E-state index is -5.08. The second kappa shape index (κ2) is 11.2. The monoisotopic (exact) mass is 598 g/mol. The molecule has 3 N–H and O–H groups in total. The van der Waals surface area contributed by atoms with Gasteiger partial charge in [-0.2, -0.15) is 18.4 Å². The summed E-state index contributed by atoms with van der Waals surface area (Å²) in [4.78, 5) is 17.4. The van der Waals surface area contributed by atoms with Crippen molar-refractivity contribution in [3.8, 4) is 23.1 Å². The SMILES string of the molecule is CN=S1(=O)C[C@@](CF)(c2cc(-c3cn(-c4ccc(C#N)cn4)nn3)ccc2F)N=C(N)C1(C)C.O=C(O)C(F)(F)F. The predicted octanol–water partition coefficient (Wildman–Crippen LogP) is 3.39. The lowest BCUT2D eigenvalue weighted by molar-refractivity contribution is -0.192. The van der Waals surface area contributed by atoms with Crippen LogP contribution in [0.3, 0.4) is 0 Å². The summed E-state index contributed by atoms with van der Waals surface area (Å²) in [5.74, 6) is -3.40. The molecule has 3 heterocycles. The summed E-state index contributed by atoms with van der Waals surface area (Å²) in [6, 6.07) is 9.26. The summed E-state index contributed by atoms with van der Waals surface area (Å²) >= 11 is 0. The fraction of sp³-hybridized carbons (Fsp3) is 0.333. The predicted molar refractivity (Wildman–Crippen MR) is 138 cm³/mol. The highest BCUT2D eigenvalue weighted by Crippen LogP contribution is 2.40. The number of carboxylic acids is 1. The lowest BCUT2D eigenvalue weighted by Crippen LogP contribution is -2.56. The Morgan fingerprint density at radius 2 is 1.95 bits per heavy atom. The van der Waals surface area contributed by atoms with Crippen LogP contribution in [-0.2, 0) is 20.1 Å². The van der Waals surface area contributed by atoms with Crippen LogP contribution in [-0.4, -0.2) is 71.5 Å². The van der Waals surface area contributed by atoms with E-state index in [1.54, 1.807) is 32.2 Å². The summed E-state index contributed by atoms with van der Waals surface area (Å²) in [6.07, 6.45) is -2.11. The fourth-order valence-electron chi connectivity index (χ4n) is 3.77. The molecule has 218 valence electrons. The molecule has 41 heavy (non-hydrogen) atoms. The van der Waals surface area contributed by atoms with Crippen LogP contribution in [0.4, 0.5) is 22.0 Å². The first-order chi connectivity index (χ1) is 19.0. The molecular formula is C24H23F5N8O3S. The molecule has 3 aromatic rings. The van der Waals surface area contributed by atoms with Crippen LogP contribution >= 0.6 is 0 Å². The zero-order valence-electron chi connectivity index (χ0n) is 21.7. The second-order valence-corrected chi connectivity index (χ2v) is 12.2. The van der Waals surface area contributed by atoms with Gasteiger partial charge in [0.25, 0.3) is 0 Å². The fourth-order valence-corrected chi connectivity index (χ4v) is 6.04. The number of aromatic nitrogens is 4. The van der Waals surface area contributed by atoms with Gasteiger partial charge in [0.15, 0.2) is 5.82 Å². The number of carboxylic acid groups (broad SMARTS) is 1. The molecule has 1 unspecified atom stereocenters. The maximum absolute atomic E-state index is 15.0. The van der Waals surface area contributed by atoms with Crippen molar-refractivity contribution in [1.82, 2.24) is 20.0 Å². The van der Waals surface area contributed by atoms with E-state index in [4.69, 9.17) is 20.9 Å². The molecule has 0 aliphatic carbocycles. The molecule has 0 fully saturated rings. The van der Waals surface area contributed by atoms with Crippen LogP contribution < -0.4 is 5.73 Å². The average molecular weight is 599 g/mol. The third kappa shape index (κ3) is 6.01. The standard InChI is InChI=1S/C22H22F2N8OS.C2HF3O2/c1-21(2)20(26)29-22(12-23,13-34(21,33)27-3)16-8-15(5-6-17(16)24)18-11-32(31-30-18)19-7-4-14(9-25)10-28-19;3-2(4,5)1(6)7/h4-8,10-11H,12-13H2,1-3H3,(H2,26,29);(H,6,7)/t22-,34?;/m0./s1. The topological polar surface area (TPSA) is 172 Å². The number of hydrogen-bond acceptors (Lipinski definition) is 9. The Morgan fingerprint density at radius 3 is 2.46 bits per heavy atom. The van der Waals surface area contributed by atoms with Gasteiger partial charge < -0.3 is 10.8 Å². The van der Waals surface area contributed by atoms with Gasteiger partial charge in [0.1, 0.15) is 40.4 Å². The molecule has 0 saturated carbocycles. The van der Waals surface area contributed by atoms with Gasteiger partial charge in [-0.1, -0.05) is 5.21 Å². The van der Waals surface area contributed by atoms with Gasteiger partial charge in [-0.15, -0.1) is 5.10 Å². The third-order valence-electron chi connectivity index (χ3n) is 6.31. The van der Waals surface area contributed by atoms with E-state index < -0.39 is 44.7 Å². The molecule has 1 aliphatic rings. The molecule has 17 heteroatoms. The van der Waals surface area contributed by atoms with Crippen molar-refractivity contribution in [2.75, 3.05) is 19.5 Å². The van der Waals surface area contributed by atoms with Gasteiger partial charge in [0.2, 0.25) is 0 Å². The van der Waals surface area contributed by atoms with E-state index in [1.807, 2.05) is 6.07 Å². The number of hydrogen-bond donors (Lipinski definition) is 2. The molecule has 0 spiro atoms. The molecular weight excluding hydrogens is 575 g/mol. The van der Waals surface area contributed by atoms with Crippen molar-refractivity contribution in [1.29, 1.82) is 5.26 Å². The lowest BCUT2D eigenvalue weighted by atomic mass is 9.90. The summed E-state index contributed by atoms with van der Waals surface area (Å²) in [6.45, 7) is 2.15. The molecule has 4 rings (SSSR count). The van der Waals surface area contributed by atoms with Crippen molar-refractivity contribution >= 4 is 21.5 Å². The maximum Gasteiger partial charge on any atom is 0.490 e. The zero-order chi connectivity index (χ0) is 30.8. The number of pyridine rings is 1. The first kappa shape index (κ1) is 31.1. The highest BCUT2D eigenvalue weighted by molar-refractivity contribution is 7.95. The van der Waals surface area contributed by atoms with Crippen molar-refractivity contribution in [2.45, 2.75) is 30.3 Å². The molecule has 2 aromatic heterocycles. The smallest absolute Gasteiger partial charge is 0.475 e. The van der Waals surface area contributed by atoms with Gasteiger partial charge in [0.05, 0.1) is 27.2 Å². The van der Waals surface area contributed by atoms with Crippen molar-refractivity contribution in [2.24, 2.45) is 15.1 Å². The van der Waals surface area contributed by atoms with Crippen molar-refractivity contribution in [3.63, 3.8) is 0 Å². The minimum absolute atomic E-state index is 0.0466. The first-order valence-electron chi connectivity index (χ1n) is 11.5. The number of nitrogens with zero attached hydrogens (tertiary/aromatic N) is 7. The molecule has 1 aromatic carbocycles. The summed E-state index contributed by atoms with van der Waals surface area (Å²) < 4.78 is 79.3. The van der Waals surface area contributed by atoms with Crippen molar-refractivity contribution < 1.29 is 36.1 Å². The highest BCUT2D eigenvalue weighted by atomic mass is 32.2. The van der Waals surface area contributed by atoms with E-state index in [1.165, 1.54) is 36.1 Å². The number of halogens is 5. The average Bonchev–Trinajstić information content (AvgIpc) is 3.42. The number of alkyl halides is 4. The molecule has 0 saturated heterocycles. The Kier molecular flexibility index (Phi) is 8.48. The van der Waals surface area contributed by atoms with Crippen molar-refractivity contribution in [3.05, 3.63) is 59.7 Å². The van der Waals surface area contributed by atoms with Gasteiger partial charge >= 0.3 is 12.1 Å². The Balaban J connectivity index is 0.000000587. The molecule has 0 radical (unpaired) electrons. The number of nitriles is 1. The normalized spacial score (nSPS) is 21.6. The number of amidine groups is 1. The number of aliphatic carboxylic acids is 1. The van der Waals surface area contributed by atoms with Crippen LogP contribution in [0.2, 0.25) is 0 Å². The molecule has 2 atom stereocenters. The van der Waals surface area contributed by atoms with Gasteiger partial charge in [-0.05, 0) is 44.2 Å². The van der Waals surface area contributed by atoms with Crippen LogP contribution in [0.25, 0.3) is 17.1 Å². The summed E-state index contributed by atoms with van der Waals surface area (Å²) in [5, 5.41) is 24.2. The molecule has 11 nitrogen and oxygen atoms in total. The number of benzene rings is 1. The number of aliphatic imine (C=N–C) groups is 1. The van der Waals surface area contributed by atoms with Crippen LogP contribution in [0, 0.1) is 17.1 Å². The van der Waals surface area contributed by atoms with Crippen LogP contribution in [0.1, 0.15) is 25.0 Å². The molecule has 0 amide bonds. The number of nitrogens with two attached hydrogens (primary N) is 1. The first-order valence-corrected chi connectivity index (χ1v) is 13.2. The Bertz CT molecular complexity index is 1650. The van der Waals surface area contributed by atoms with Gasteiger partial charge in [-0.3, -0.25) is 4.99 Å². The van der Waals surface area contributed by atoms with E-state index in [0.717, 1.165) is 0 Å². The summed E-state index contributed by atoms with van der Waals surface area (Å²) in [7, 11) is -1.67. The second-order valence-electron chi connectivity index (χ2n) is 9.20. The molecule has 0 bridgehead atoms. The Morgan fingerprint density at radius 1 is 1.29 bits per heavy atom. The van der Waals surface area contributed by atoms with Crippen LogP contribution in [0.5, 0.6) is 0 Å². The van der Waals surface area contributed by atoms with E-state index in [-0.39, 0.29) is 17.2 Å². The number of rotatable bonds is 4. The summed E-state index contributed by atoms with van der Waals surface area (Å²) in [5.41, 5.74) is 5.44. The van der Waals surface area contributed by atoms with E-state index in [0.29, 0.717) is 22.6 Å². The number of carbonyl (C=O) groups is 1. The maximum atomic E-state index is 15.0. The Hall–Kier alpha value is -4.46. The van der Waals surface area contributed by atoms with Gasteiger partial charge in [0, 0.05) is 24.4 Å². The highest BCUT2D eigenvalue weighted by Gasteiger charge is 2.50. The largest absolute Gasteiger partial charge is 0.490 e. The van der Waals surface area contributed by atoms with E-state index >= 15 is 4.39 Å². The minimum Gasteiger partial charge on any atom is -0.475 e. The lowest BCUT2D eigenvalue weighted by Gasteiger charge is -2.41. The Labute approximate surface area is 230 Å². The van der Waals surface area contributed by atoms with Crippen LogP contribution in [0.15, 0.2) is 52.1 Å². The quantitative estimate of drug-likeness (QED) is 0.430. The molecule has 1 aliphatic heterocycles. The van der Waals surface area contributed by atoms with E-state index in [2.05, 4.69) is 24.7 Å².